The highest BCUT2D eigenvalue weighted by molar-refractivity contribution is 7.09. The molecule has 2 atom stereocenters. The Morgan fingerprint density at radius 1 is 1.45 bits per heavy atom. The monoisotopic (exact) mass is 290 g/mol. The Labute approximate surface area is 122 Å². The Morgan fingerprint density at radius 3 is 2.95 bits per heavy atom. The number of hydrogen-bond acceptors (Lipinski definition) is 5. The number of methoxy groups -OCH3 is 1. The molecular formula is C15H18N2O2S. The average Bonchev–Trinajstić information content (AvgIpc) is 2.92. The Hall–Kier alpha value is -1.59. The van der Waals surface area contributed by atoms with E-state index in [-0.39, 0.29) is 12.1 Å². The van der Waals surface area contributed by atoms with Crippen LogP contribution in [0.15, 0.2) is 23.6 Å². The molecule has 0 aliphatic carbocycles. The second kappa shape index (κ2) is 5.42. The minimum absolute atomic E-state index is 0.0123. The third-order valence-electron chi connectivity index (χ3n) is 3.63. The molecule has 106 valence electrons. The van der Waals surface area contributed by atoms with Crippen molar-refractivity contribution in [2.75, 3.05) is 14.2 Å². The quantitative estimate of drug-likeness (QED) is 0.942. The topological polar surface area (TPSA) is 43.4 Å². The third kappa shape index (κ3) is 2.39. The highest BCUT2D eigenvalue weighted by Gasteiger charge is 2.30. The molecule has 3 rings (SSSR count). The zero-order chi connectivity index (χ0) is 14.1. The first-order valence-electron chi connectivity index (χ1n) is 6.65. The number of aromatic nitrogens is 1. The zero-order valence-electron chi connectivity index (χ0n) is 11.8. The van der Waals surface area contributed by atoms with Gasteiger partial charge >= 0.3 is 0 Å². The van der Waals surface area contributed by atoms with Gasteiger partial charge in [0.1, 0.15) is 17.6 Å². The second-order valence-electron chi connectivity index (χ2n) is 4.88. The van der Waals surface area contributed by atoms with Crippen molar-refractivity contribution >= 4 is 11.3 Å². The summed E-state index contributed by atoms with van der Waals surface area (Å²) in [6.07, 6.45) is 0.887. The van der Waals surface area contributed by atoms with Gasteiger partial charge in [0.15, 0.2) is 0 Å². The fourth-order valence-corrected chi connectivity index (χ4v) is 3.21. The van der Waals surface area contributed by atoms with Crippen LogP contribution in [0.5, 0.6) is 11.5 Å². The van der Waals surface area contributed by atoms with E-state index in [1.54, 1.807) is 18.4 Å². The first-order chi connectivity index (χ1) is 9.71. The van der Waals surface area contributed by atoms with Gasteiger partial charge in [0.2, 0.25) is 0 Å². The van der Waals surface area contributed by atoms with Gasteiger partial charge in [-0.05, 0) is 32.2 Å². The summed E-state index contributed by atoms with van der Waals surface area (Å²) in [5.41, 5.74) is 2.17. The molecule has 1 aliphatic rings. The summed E-state index contributed by atoms with van der Waals surface area (Å²) >= 11 is 1.66. The van der Waals surface area contributed by atoms with Gasteiger partial charge in [-0.3, -0.25) is 0 Å². The molecular weight excluding hydrogens is 272 g/mol. The van der Waals surface area contributed by atoms with E-state index < -0.39 is 0 Å². The van der Waals surface area contributed by atoms with Crippen molar-refractivity contribution in [1.29, 1.82) is 0 Å². The van der Waals surface area contributed by atoms with Crippen molar-refractivity contribution in [1.82, 2.24) is 10.3 Å². The molecule has 0 amide bonds. The van der Waals surface area contributed by atoms with Crippen LogP contribution >= 0.6 is 11.3 Å². The van der Waals surface area contributed by atoms with Gasteiger partial charge in [0.25, 0.3) is 0 Å². The van der Waals surface area contributed by atoms with Gasteiger partial charge in [-0.2, -0.15) is 0 Å². The van der Waals surface area contributed by atoms with Crippen molar-refractivity contribution in [3.05, 3.63) is 39.8 Å². The van der Waals surface area contributed by atoms with Crippen LogP contribution in [0, 0.1) is 6.92 Å². The van der Waals surface area contributed by atoms with Crippen molar-refractivity contribution in [3.63, 3.8) is 0 Å². The maximum absolute atomic E-state index is 6.11. The normalized spacial score (nSPS) is 21.1. The molecule has 1 aromatic heterocycles. The van der Waals surface area contributed by atoms with E-state index in [9.17, 15) is 0 Å². The summed E-state index contributed by atoms with van der Waals surface area (Å²) in [4.78, 5) is 4.55. The molecule has 5 heteroatoms. The predicted octanol–water partition coefficient (Wildman–Crippen LogP) is 3.24. The predicted molar refractivity (Wildman–Crippen MR) is 79.6 cm³/mol. The highest BCUT2D eigenvalue weighted by atomic mass is 32.1. The lowest BCUT2D eigenvalue weighted by molar-refractivity contribution is 0.150. The maximum Gasteiger partial charge on any atom is 0.143 e. The number of nitrogens with one attached hydrogen (secondary N) is 1. The van der Waals surface area contributed by atoms with Gasteiger partial charge in [-0.1, -0.05) is 0 Å². The van der Waals surface area contributed by atoms with Crippen LogP contribution in [-0.4, -0.2) is 19.1 Å². The van der Waals surface area contributed by atoms with Crippen molar-refractivity contribution in [3.8, 4) is 11.5 Å². The Kier molecular flexibility index (Phi) is 3.63. The van der Waals surface area contributed by atoms with Crippen LogP contribution in [0.2, 0.25) is 0 Å². The molecule has 1 N–H and O–H groups in total. The summed E-state index contributed by atoms with van der Waals surface area (Å²) in [6.45, 7) is 2.02. The number of aryl methyl sites for hydroxylation is 1. The lowest BCUT2D eigenvalue weighted by atomic mass is 9.95. The van der Waals surface area contributed by atoms with Crippen molar-refractivity contribution < 1.29 is 9.47 Å². The number of rotatable bonds is 3. The SMILES string of the molecule is CNC1CC(c2csc(C)n2)Oc2ccc(OC)cc21. The summed E-state index contributed by atoms with van der Waals surface area (Å²) < 4.78 is 11.4. The van der Waals surface area contributed by atoms with Crippen LogP contribution in [0.25, 0.3) is 0 Å². The molecule has 1 aliphatic heterocycles. The Morgan fingerprint density at radius 2 is 2.30 bits per heavy atom. The molecule has 2 aromatic rings. The number of fused-ring (bicyclic) bond motifs is 1. The van der Waals surface area contributed by atoms with E-state index in [1.807, 2.05) is 32.2 Å². The summed E-state index contributed by atoms with van der Waals surface area (Å²) in [5.74, 6) is 1.77. The third-order valence-corrected chi connectivity index (χ3v) is 4.42. The lowest BCUT2D eigenvalue weighted by Gasteiger charge is -2.31. The zero-order valence-corrected chi connectivity index (χ0v) is 12.7. The van der Waals surface area contributed by atoms with Gasteiger partial charge < -0.3 is 14.8 Å². The number of benzene rings is 1. The minimum atomic E-state index is 0.0123. The molecule has 20 heavy (non-hydrogen) atoms. The van der Waals surface area contributed by atoms with Gasteiger partial charge in [0.05, 0.1) is 17.8 Å². The van der Waals surface area contributed by atoms with Gasteiger partial charge in [-0.25, -0.2) is 4.98 Å². The molecule has 1 aromatic carbocycles. The first-order valence-corrected chi connectivity index (χ1v) is 7.53. The Bertz CT molecular complexity index is 612. The molecule has 0 radical (unpaired) electrons. The van der Waals surface area contributed by atoms with E-state index in [0.717, 1.165) is 34.2 Å². The summed E-state index contributed by atoms with van der Waals surface area (Å²) in [5, 5.41) is 6.52. The van der Waals surface area contributed by atoms with E-state index in [2.05, 4.69) is 15.7 Å². The Balaban J connectivity index is 1.94. The number of thiazole rings is 1. The molecule has 4 nitrogen and oxygen atoms in total. The van der Waals surface area contributed by atoms with Crippen LogP contribution in [-0.2, 0) is 0 Å². The molecule has 0 saturated heterocycles. The number of ether oxygens (including phenoxy) is 2. The summed E-state index contributed by atoms with van der Waals surface area (Å²) in [7, 11) is 3.66. The second-order valence-corrected chi connectivity index (χ2v) is 5.94. The van der Waals surface area contributed by atoms with E-state index in [1.165, 1.54) is 0 Å². The van der Waals surface area contributed by atoms with E-state index >= 15 is 0 Å². The van der Waals surface area contributed by atoms with Crippen molar-refractivity contribution in [2.24, 2.45) is 0 Å². The average molecular weight is 290 g/mol. The molecule has 0 saturated carbocycles. The van der Waals surface area contributed by atoms with Gasteiger partial charge in [0, 0.05) is 23.4 Å². The maximum atomic E-state index is 6.11. The smallest absolute Gasteiger partial charge is 0.143 e. The fourth-order valence-electron chi connectivity index (χ4n) is 2.56. The van der Waals surface area contributed by atoms with E-state index in [0.29, 0.717) is 0 Å². The van der Waals surface area contributed by atoms with Crippen molar-refractivity contribution in [2.45, 2.75) is 25.5 Å². The fraction of sp³-hybridized carbons (Fsp3) is 0.400. The summed E-state index contributed by atoms with van der Waals surface area (Å²) in [6, 6.07) is 6.20. The largest absolute Gasteiger partial charge is 0.497 e. The van der Waals surface area contributed by atoms with E-state index in [4.69, 9.17) is 9.47 Å². The molecule has 2 heterocycles. The minimum Gasteiger partial charge on any atom is -0.497 e. The standard InChI is InChI=1S/C15H18N2O2S/c1-9-17-13(8-20-9)15-7-12(16-2)11-6-10(18-3)4-5-14(11)19-15/h4-6,8,12,15-16H,7H2,1-3H3. The molecule has 0 bridgehead atoms. The van der Waals surface area contributed by atoms with Crippen LogP contribution in [0.4, 0.5) is 0 Å². The lowest BCUT2D eigenvalue weighted by Crippen LogP contribution is -2.27. The first kappa shape index (κ1) is 13.4. The molecule has 2 unspecified atom stereocenters. The number of hydrogen-bond donors (Lipinski definition) is 1. The molecule has 0 fully saturated rings. The highest BCUT2D eigenvalue weighted by Crippen LogP contribution is 2.42. The van der Waals surface area contributed by atoms with Crippen LogP contribution < -0.4 is 14.8 Å². The number of nitrogens with zero attached hydrogens (tertiary/aromatic N) is 1. The van der Waals surface area contributed by atoms with Crippen LogP contribution in [0.3, 0.4) is 0 Å². The molecule has 0 spiro atoms. The van der Waals surface area contributed by atoms with Gasteiger partial charge in [-0.15, -0.1) is 11.3 Å². The van der Waals surface area contributed by atoms with Crippen LogP contribution in [0.1, 0.15) is 34.8 Å².